The van der Waals surface area contributed by atoms with Gasteiger partial charge in [0.25, 0.3) is 0 Å². The number of aromatic hydroxyl groups is 2. The summed E-state index contributed by atoms with van der Waals surface area (Å²) < 4.78 is -1.53. The van der Waals surface area contributed by atoms with Gasteiger partial charge in [0.2, 0.25) is 88.6 Å². The van der Waals surface area contributed by atoms with Crippen molar-refractivity contribution in [3.63, 3.8) is 0 Å². The van der Waals surface area contributed by atoms with Gasteiger partial charge in [0.05, 0.1) is 31.0 Å². The number of carbonyl (C=O) groups is 16. The van der Waals surface area contributed by atoms with Crippen molar-refractivity contribution < 1.29 is 112 Å². The number of carbonyl (C=O) groups excluding carboxylic acids is 15. The monoisotopic (exact) mass is 1890 g/mol. The van der Waals surface area contributed by atoms with Crippen LogP contribution in [0.4, 0.5) is 0 Å². The average molecular weight is 1890 g/mol. The quantitative estimate of drug-likeness (QED) is 0.0127. The normalized spacial score (nSPS) is 17.5. The minimum Gasteiger partial charge on any atom is -0.508 e. The van der Waals surface area contributed by atoms with Gasteiger partial charge in [-0.2, -0.15) is 25.3 Å². The molecule has 1 heterocycles. The summed E-state index contributed by atoms with van der Waals surface area (Å²) in [5.41, 5.74) is 41.6. The minimum atomic E-state index is -1.92. The number of phenolic OH excluding ortho intramolecular Hbond substituents is 2. The van der Waals surface area contributed by atoms with Crippen molar-refractivity contribution >= 4 is 126 Å². The van der Waals surface area contributed by atoms with Crippen LogP contribution in [0, 0.1) is 17.8 Å². The van der Waals surface area contributed by atoms with E-state index in [2.05, 4.69) is 105 Å². The van der Waals surface area contributed by atoms with Gasteiger partial charge in [-0.25, -0.2) is 4.79 Å². The predicted octanol–water partition coefficient (Wildman–Crippen LogP) is -8.59. The van der Waals surface area contributed by atoms with Gasteiger partial charge in [-0.3, -0.25) is 76.9 Å². The minimum absolute atomic E-state index is 0.0152. The number of rotatable bonds is 58. The molecule has 1 saturated heterocycles. The number of thiol groups is 2. The summed E-state index contributed by atoms with van der Waals surface area (Å²) in [7, 11) is 0. The summed E-state index contributed by atoms with van der Waals surface area (Å²) in [5.74, 6) is -19.4. The molecular formula is C83H139N23O23S2. The molecule has 15 amide bonds. The zero-order valence-corrected chi connectivity index (χ0v) is 77.5. The summed E-state index contributed by atoms with van der Waals surface area (Å²) in [6.07, 6.45) is -5.72. The number of phenols is 2. The maximum Gasteiger partial charge on any atom is 0.326 e. The van der Waals surface area contributed by atoms with Crippen molar-refractivity contribution in [2.75, 3.05) is 51.6 Å². The molecule has 0 aliphatic carbocycles. The molecule has 0 saturated carbocycles. The third-order valence-electron chi connectivity index (χ3n) is 21.9. The molecule has 2 aromatic carbocycles. The zero-order valence-electron chi connectivity index (χ0n) is 75.7. The molecule has 0 bridgehead atoms. The lowest BCUT2D eigenvalue weighted by Gasteiger charge is -2.34. The van der Waals surface area contributed by atoms with Crippen LogP contribution >= 0.6 is 25.3 Å². The van der Waals surface area contributed by atoms with Crippen LogP contribution in [0.15, 0.2) is 53.5 Å². The fraction of sp³-hybridized carbons (Fsp3) is 0.651. The van der Waals surface area contributed by atoms with E-state index in [-0.39, 0.29) is 140 Å². The number of nitrogens with one attached hydrogen (secondary N) is 14. The Hall–Kier alpha value is -10.8. The first-order valence-electron chi connectivity index (χ1n) is 43.5. The van der Waals surface area contributed by atoms with Gasteiger partial charge >= 0.3 is 5.97 Å². The SMILES string of the molecule is CC[C@H](C)[C@H](NC(=O)[C@@H](NC(=O)[C@H](Cc1ccc(O)cc1)NC(=O)[C@@H](NC(=O)[C@@H](NC(=O)[C@@H]1C[C@@H](O)CN1C(=O)[C@@H](N)C(C)C)[C@@H](C)CC)[C@@H](C)O)C(C)(C)S)C(=O)N[C@@H](CCCN=C(N)N)C(=O)N[C@@H](CCN)C(=O)N[C@H](C(=O)N[C@H](CCN)C(=O)N[C@@H](CCCCN)C(=O)N[C@@H](CS)C(=O)N[C@@H](CCN)C(=O)N[C@@H](CO)C(=O)N[C@@H](Cc1ccc(O)cc1)C(=O)O)[C@@H](C)O. The number of nitrogens with zero attached hydrogens (tertiary/aromatic N) is 2. The molecule has 1 aliphatic rings. The second-order valence-electron chi connectivity index (χ2n) is 33.4. The molecule has 46 nitrogen and oxygen atoms in total. The second-order valence-corrected chi connectivity index (χ2v) is 34.9. The highest BCUT2D eigenvalue weighted by atomic mass is 32.1. The number of likely N-dealkylation sites (tertiary alicyclic amines) is 1. The highest BCUT2D eigenvalue weighted by Gasteiger charge is 2.46. The molecule has 0 radical (unpaired) electrons. The van der Waals surface area contributed by atoms with E-state index in [0.717, 1.165) is 11.8 Å². The molecule has 0 unspecified atom stereocenters. The van der Waals surface area contributed by atoms with E-state index in [9.17, 15) is 112 Å². The van der Waals surface area contributed by atoms with Crippen molar-refractivity contribution in [1.29, 1.82) is 0 Å². The summed E-state index contributed by atoms with van der Waals surface area (Å²) in [5, 5.41) is 108. The number of aliphatic hydroxyl groups is 4. The molecule has 3 rings (SSSR count). The molecule has 0 aromatic heterocycles. The lowest BCUT2D eigenvalue weighted by atomic mass is 9.95. The lowest BCUT2D eigenvalue weighted by Crippen LogP contribution is -2.65. The maximum absolute atomic E-state index is 14.9. The van der Waals surface area contributed by atoms with Gasteiger partial charge in [0.15, 0.2) is 5.96 Å². The van der Waals surface area contributed by atoms with E-state index < -0.39 is 239 Å². The van der Waals surface area contributed by atoms with Crippen LogP contribution in [0.5, 0.6) is 11.5 Å². The van der Waals surface area contributed by atoms with Gasteiger partial charge in [0.1, 0.15) is 102 Å². The van der Waals surface area contributed by atoms with Gasteiger partial charge in [0, 0.05) is 42.9 Å². The smallest absolute Gasteiger partial charge is 0.326 e. The Kier molecular flexibility index (Phi) is 49.6. The summed E-state index contributed by atoms with van der Waals surface area (Å²) in [6, 6.07) is -14.2. The molecule has 48 heteroatoms. The molecule has 2 aromatic rings. The molecule has 0 spiro atoms. The Morgan fingerprint density at radius 2 is 0.817 bits per heavy atom. The summed E-state index contributed by atoms with van der Waals surface area (Å²) in [6.45, 7) is 13.1. The Morgan fingerprint density at radius 1 is 0.466 bits per heavy atom. The van der Waals surface area contributed by atoms with Crippen LogP contribution in [0.3, 0.4) is 0 Å². The zero-order chi connectivity index (χ0) is 99.0. The van der Waals surface area contributed by atoms with Crippen LogP contribution in [0.25, 0.3) is 0 Å². The van der Waals surface area contributed by atoms with Crippen molar-refractivity contribution in [1.82, 2.24) is 79.3 Å². The van der Waals surface area contributed by atoms with Gasteiger partial charge in [-0.1, -0.05) is 78.6 Å². The van der Waals surface area contributed by atoms with E-state index in [1.54, 1.807) is 41.5 Å². The Balaban J connectivity index is 1.92. The molecule has 21 atom stereocenters. The number of unbranched alkanes of at least 4 members (excludes halogenated alkanes) is 1. The van der Waals surface area contributed by atoms with Crippen LogP contribution in [-0.2, 0) is 89.6 Å². The van der Waals surface area contributed by atoms with Crippen LogP contribution in [0.2, 0.25) is 0 Å². The fourth-order valence-corrected chi connectivity index (χ4v) is 14.0. The maximum atomic E-state index is 14.9. The highest BCUT2D eigenvalue weighted by molar-refractivity contribution is 7.81. The van der Waals surface area contributed by atoms with E-state index >= 15 is 0 Å². The number of hydrogen-bond acceptors (Lipinski definition) is 30. The number of carboxylic acid groups (broad SMARTS) is 1. The Bertz CT molecular complexity index is 4150. The van der Waals surface area contributed by atoms with Crippen LogP contribution < -0.4 is 115 Å². The number of aliphatic hydroxyl groups excluding tert-OH is 4. The molecule has 35 N–H and O–H groups in total. The largest absolute Gasteiger partial charge is 0.508 e. The topological polar surface area (TPSA) is 781 Å². The Morgan fingerprint density at radius 3 is 1.22 bits per heavy atom. The molecule has 1 fully saturated rings. The predicted molar refractivity (Wildman–Crippen MR) is 487 cm³/mol. The first-order valence-corrected chi connectivity index (χ1v) is 44.6. The molecule has 1 aliphatic heterocycles. The molecular weight excluding hydrogens is 1750 g/mol. The first-order chi connectivity index (χ1) is 61.6. The number of amides is 15. The van der Waals surface area contributed by atoms with E-state index in [0.29, 0.717) is 17.5 Å². The van der Waals surface area contributed by atoms with E-state index in [4.69, 9.17) is 40.1 Å². The van der Waals surface area contributed by atoms with E-state index in [1.807, 2.05) is 0 Å². The van der Waals surface area contributed by atoms with Crippen LogP contribution in [0.1, 0.15) is 151 Å². The van der Waals surface area contributed by atoms with Crippen molar-refractivity contribution in [2.45, 2.75) is 272 Å². The Labute approximate surface area is 772 Å². The number of β-amino-alcohol motifs (C(OH)–C–C–N with tert-alkyl or cyclic N) is 1. The van der Waals surface area contributed by atoms with Crippen molar-refractivity contribution in [3.05, 3.63) is 59.7 Å². The lowest BCUT2D eigenvalue weighted by molar-refractivity contribution is -0.142. The van der Waals surface area contributed by atoms with Crippen LogP contribution in [-0.4, -0.2) is 313 Å². The van der Waals surface area contributed by atoms with Gasteiger partial charge in [-0.15, -0.1) is 0 Å². The number of aliphatic imine (C=N–C) groups is 1. The highest BCUT2D eigenvalue weighted by Crippen LogP contribution is 2.25. The molecule has 131 heavy (non-hydrogen) atoms. The van der Waals surface area contributed by atoms with Gasteiger partial charge < -0.3 is 155 Å². The number of benzene rings is 2. The third kappa shape index (κ3) is 37.8. The molecule has 736 valence electrons. The number of hydrogen-bond donors (Lipinski definition) is 30. The van der Waals surface area contributed by atoms with Crippen molar-refractivity contribution in [2.24, 2.45) is 62.9 Å². The van der Waals surface area contributed by atoms with Gasteiger partial charge in [-0.05, 0) is 158 Å². The number of aliphatic carboxylic acids is 1. The standard InChI is InChI=1S/C83H139N23O23S2/c1-11-41(5)61(102-79(126)65(83(9,10)131)105-71(118)55(34-45-18-22-47(110)23-19-45)97-78(125)64(44(8)109)104-76(123)62(42(6)12-2)101-74(121)59-36-49(112)37-106(59)80(127)60(88)40(3)4)75(122)95-51(17-15-33-91-82(89)90)66(113)93-54(28-32-87)70(117)103-63(43(7)108)77(124)96-53(27-31-86)68(115)92-50(16-13-14-29-84)67(114)100-58(39-130)73(120)94-52(26-30-85)69(116)99-57(38-107)72(119)98-56(81(128)129)35-46-20-24-48(111)25-21-46/h18-25,40-44,49-65,107-112,130-131H,11-17,26-39,84-88H2,1-10H3,(H,92,115)(H,93,113)(H,94,120)(H,95,122)(H,96,124)(H,97,125)(H,98,119)(H,99,116)(H,100,114)(H,101,121)(H,102,126)(H,103,117)(H,104,123)(H,105,118)(H,128,129)(H4,89,90,91)/t41-,42-,43+,44+,49+,50-,51-,52-,53+,54-,55-,56-,57-,58-,59-,60-,61-,62-,63-,64-,65+/m0/s1. The average Bonchev–Trinajstić information content (AvgIpc) is 1.19. The van der Waals surface area contributed by atoms with Crippen molar-refractivity contribution in [3.8, 4) is 11.5 Å². The second kappa shape index (κ2) is 56.8. The summed E-state index contributed by atoms with van der Waals surface area (Å²) in [4.78, 5) is 231. The number of carboxylic acids is 1. The summed E-state index contributed by atoms with van der Waals surface area (Å²) >= 11 is 8.91. The number of guanidine groups is 1. The fourth-order valence-electron chi connectivity index (χ4n) is 13.6. The first kappa shape index (κ1) is 114. The number of nitrogens with two attached hydrogens (primary N) is 7. The van der Waals surface area contributed by atoms with E-state index in [1.165, 1.54) is 69.3 Å². The third-order valence-corrected chi connectivity index (χ3v) is 22.5.